The first kappa shape index (κ1) is 6.78. The molecule has 0 aromatic rings. The molecule has 2 nitrogen and oxygen atoms in total. The van der Waals surface area contributed by atoms with Gasteiger partial charge in [-0.15, -0.1) is 0 Å². The van der Waals surface area contributed by atoms with Crippen LogP contribution in [-0.4, -0.2) is 19.0 Å². The van der Waals surface area contributed by atoms with E-state index in [1.807, 2.05) is 0 Å². The SMILES string of the molecule is [CH]CC1COC(C=C)O1. The van der Waals surface area contributed by atoms with Gasteiger partial charge in [0, 0.05) is 0 Å². The van der Waals surface area contributed by atoms with Gasteiger partial charge in [-0.2, -0.15) is 0 Å². The van der Waals surface area contributed by atoms with Crippen molar-refractivity contribution in [2.75, 3.05) is 6.61 Å². The first-order valence-electron chi connectivity index (χ1n) is 2.96. The first-order chi connectivity index (χ1) is 4.36. The second-order valence-electron chi connectivity index (χ2n) is 1.93. The van der Waals surface area contributed by atoms with Gasteiger partial charge in [0.05, 0.1) is 12.7 Å². The lowest BCUT2D eigenvalue weighted by Gasteiger charge is -2.03. The quantitative estimate of drug-likeness (QED) is 0.514. The van der Waals surface area contributed by atoms with Crippen LogP contribution >= 0.6 is 0 Å². The molecule has 1 heterocycles. The molecule has 0 aromatic carbocycles. The lowest BCUT2D eigenvalue weighted by Crippen LogP contribution is -2.08. The van der Waals surface area contributed by atoms with Crippen LogP contribution in [0.1, 0.15) is 6.42 Å². The van der Waals surface area contributed by atoms with E-state index in [-0.39, 0.29) is 12.4 Å². The van der Waals surface area contributed by atoms with E-state index in [9.17, 15) is 0 Å². The maximum absolute atomic E-state index is 5.31. The Labute approximate surface area is 55.5 Å². The molecule has 2 atom stereocenters. The molecule has 1 saturated heterocycles. The van der Waals surface area contributed by atoms with E-state index in [4.69, 9.17) is 16.4 Å². The fraction of sp³-hybridized carbons (Fsp3) is 0.571. The summed E-state index contributed by atoms with van der Waals surface area (Å²) in [5.74, 6) is 0. The molecule has 1 aliphatic rings. The average Bonchev–Trinajstić information content (AvgIpc) is 2.34. The van der Waals surface area contributed by atoms with Crippen LogP contribution in [-0.2, 0) is 9.47 Å². The Hall–Kier alpha value is -0.340. The van der Waals surface area contributed by atoms with Gasteiger partial charge in [0.25, 0.3) is 0 Å². The molecule has 0 spiro atoms. The highest BCUT2D eigenvalue weighted by Gasteiger charge is 2.21. The Kier molecular flexibility index (Phi) is 2.25. The molecule has 0 aliphatic carbocycles. The summed E-state index contributed by atoms with van der Waals surface area (Å²) >= 11 is 0. The summed E-state index contributed by atoms with van der Waals surface area (Å²) in [7, 11) is 0. The lowest BCUT2D eigenvalue weighted by molar-refractivity contribution is -0.0186. The Morgan fingerprint density at radius 3 is 2.89 bits per heavy atom. The molecule has 2 radical (unpaired) electrons. The molecule has 1 rings (SSSR count). The molecular formula is C7H10O2. The summed E-state index contributed by atoms with van der Waals surface area (Å²) in [5, 5.41) is 0. The first-order valence-corrected chi connectivity index (χ1v) is 2.96. The highest BCUT2D eigenvalue weighted by molar-refractivity contribution is 4.78. The van der Waals surface area contributed by atoms with E-state index in [0.29, 0.717) is 13.0 Å². The van der Waals surface area contributed by atoms with Crippen molar-refractivity contribution in [3.63, 3.8) is 0 Å². The Morgan fingerprint density at radius 2 is 2.56 bits per heavy atom. The molecule has 1 fully saturated rings. The molecule has 0 bridgehead atoms. The average molecular weight is 126 g/mol. The van der Waals surface area contributed by atoms with Crippen LogP contribution in [0.5, 0.6) is 0 Å². The van der Waals surface area contributed by atoms with Gasteiger partial charge in [-0.1, -0.05) is 6.58 Å². The van der Waals surface area contributed by atoms with Gasteiger partial charge in [-0.3, -0.25) is 0 Å². The number of hydrogen-bond donors (Lipinski definition) is 0. The van der Waals surface area contributed by atoms with Gasteiger partial charge in [0.2, 0.25) is 0 Å². The minimum atomic E-state index is -0.237. The molecule has 50 valence electrons. The van der Waals surface area contributed by atoms with E-state index >= 15 is 0 Å². The van der Waals surface area contributed by atoms with Crippen molar-refractivity contribution in [2.45, 2.75) is 18.8 Å². The summed E-state index contributed by atoms with van der Waals surface area (Å²) in [6.45, 7) is 9.42. The highest BCUT2D eigenvalue weighted by atomic mass is 16.7. The van der Waals surface area contributed by atoms with E-state index in [0.717, 1.165) is 0 Å². The fourth-order valence-electron chi connectivity index (χ4n) is 0.718. The molecule has 0 saturated carbocycles. The maximum atomic E-state index is 5.31. The summed E-state index contributed by atoms with van der Waals surface area (Å²) in [4.78, 5) is 0. The maximum Gasteiger partial charge on any atom is 0.177 e. The molecule has 2 unspecified atom stereocenters. The monoisotopic (exact) mass is 126 g/mol. The van der Waals surface area contributed by atoms with Crippen molar-refractivity contribution in [3.8, 4) is 0 Å². The van der Waals surface area contributed by atoms with Crippen molar-refractivity contribution >= 4 is 0 Å². The predicted octanol–water partition coefficient (Wildman–Crippen LogP) is 1.02. The van der Waals surface area contributed by atoms with Crippen LogP contribution in [0.4, 0.5) is 0 Å². The molecule has 0 aromatic heterocycles. The zero-order chi connectivity index (χ0) is 6.69. The van der Waals surface area contributed by atoms with Crippen LogP contribution in [0.15, 0.2) is 12.7 Å². The lowest BCUT2D eigenvalue weighted by atomic mass is 10.3. The summed E-state index contributed by atoms with van der Waals surface area (Å²) < 4.78 is 10.3. The van der Waals surface area contributed by atoms with Gasteiger partial charge < -0.3 is 9.47 Å². The summed E-state index contributed by atoms with van der Waals surface area (Å²) in [6, 6.07) is 0. The van der Waals surface area contributed by atoms with Crippen molar-refractivity contribution in [3.05, 3.63) is 19.6 Å². The molecule has 1 aliphatic heterocycles. The zero-order valence-electron chi connectivity index (χ0n) is 5.25. The van der Waals surface area contributed by atoms with Crippen molar-refractivity contribution in [1.29, 1.82) is 0 Å². The van der Waals surface area contributed by atoms with Crippen LogP contribution < -0.4 is 0 Å². The van der Waals surface area contributed by atoms with Crippen molar-refractivity contribution in [1.82, 2.24) is 0 Å². The predicted molar refractivity (Wildman–Crippen MR) is 33.7 cm³/mol. The number of rotatable bonds is 2. The highest BCUT2D eigenvalue weighted by Crippen LogP contribution is 2.13. The third-order valence-electron chi connectivity index (χ3n) is 1.23. The largest absolute Gasteiger partial charge is 0.346 e. The molecule has 0 N–H and O–H groups in total. The smallest absolute Gasteiger partial charge is 0.177 e. The third kappa shape index (κ3) is 1.53. The second-order valence-corrected chi connectivity index (χ2v) is 1.93. The number of ether oxygens (including phenoxy) is 2. The Morgan fingerprint density at radius 1 is 1.78 bits per heavy atom. The van der Waals surface area contributed by atoms with Crippen LogP contribution in [0.25, 0.3) is 0 Å². The van der Waals surface area contributed by atoms with Crippen LogP contribution in [0.3, 0.4) is 0 Å². The zero-order valence-corrected chi connectivity index (χ0v) is 5.25. The van der Waals surface area contributed by atoms with Crippen molar-refractivity contribution < 1.29 is 9.47 Å². The Bertz CT molecular complexity index is 101. The minimum Gasteiger partial charge on any atom is -0.346 e. The van der Waals surface area contributed by atoms with Gasteiger partial charge in [0.15, 0.2) is 6.29 Å². The Balaban J connectivity index is 2.28. The fourth-order valence-corrected chi connectivity index (χ4v) is 0.718. The summed E-state index contributed by atoms with van der Waals surface area (Å²) in [5.41, 5.74) is 0. The summed E-state index contributed by atoms with van der Waals surface area (Å²) in [6.07, 6.45) is 1.96. The second kappa shape index (κ2) is 2.99. The minimum absolute atomic E-state index is 0.0630. The van der Waals surface area contributed by atoms with E-state index in [2.05, 4.69) is 6.58 Å². The van der Waals surface area contributed by atoms with Crippen LogP contribution in [0.2, 0.25) is 0 Å². The van der Waals surface area contributed by atoms with Gasteiger partial charge in [-0.25, -0.2) is 0 Å². The topological polar surface area (TPSA) is 18.5 Å². The van der Waals surface area contributed by atoms with Gasteiger partial charge in [-0.05, 0) is 19.4 Å². The normalized spacial score (nSPS) is 34.8. The standard InChI is InChI=1S/C7H10O2/c1-3-6-5-8-7(4-2)9-6/h1,4,6-7H,2-3,5H2. The number of hydrogen-bond acceptors (Lipinski definition) is 2. The third-order valence-corrected chi connectivity index (χ3v) is 1.23. The molecular weight excluding hydrogens is 116 g/mol. The molecule has 2 heteroatoms. The molecule has 9 heavy (non-hydrogen) atoms. The van der Waals surface area contributed by atoms with Gasteiger partial charge in [0.1, 0.15) is 0 Å². The van der Waals surface area contributed by atoms with Crippen LogP contribution in [0, 0.1) is 6.92 Å². The van der Waals surface area contributed by atoms with Gasteiger partial charge >= 0.3 is 0 Å². The van der Waals surface area contributed by atoms with E-state index in [1.54, 1.807) is 6.08 Å². The molecule has 0 amide bonds. The van der Waals surface area contributed by atoms with E-state index in [1.165, 1.54) is 0 Å². The van der Waals surface area contributed by atoms with Crippen molar-refractivity contribution in [2.24, 2.45) is 0 Å². The van der Waals surface area contributed by atoms with E-state index < -0.39 is 0 Å².